The number of ether oxygens (including phenoxy) is 1. The molecule has 148 valence electrons. The Morgan fingerprint density at radius 3 is 2.04 bits per heavy atom. The van der Waals surface area contributed by atoms with Crippen LogP contribution >= 0.6 is 0 Å². The molecule has 0 aromatic rings. The van der Waals surface area contributed by atoms with Gasteiger partial charge in [-0.25, -0.2) is 0 Å². The second kappa shape index (κ2) is 8.09. The van der Waals surface area contributed by atoms with Crippen molar-refractivity contribution in [2.45, 2.75) is 97.4 Å². The molecule has 0 unspecified atom stereocenters. The molecule has 25 heavy (non-hydrogen) atoms. The van der Waals surface area contributed by atoms with Gasteiger partial charge in [0.15, 0.2) is 8.32 Å². The summed E-state index contributed by atoms with van der Waals surface area (Å²) in [6, 6.07) is 0. The van der Waals surface area contributed by atoms with E-state index in [1.54, 1.807) is 0 Å². The summed E-state index contributed by atoms with van der Waals surface area (Å²) in [6.45, 7) is 18.6. The molecule has 5 heteroatoms. The highest BCUT2D eigenvalue weighted by molar-refractivity contribution is 6.74. The molecule has 1 aliphatic rings. The first kappa shape index (κ1) is 22.6. The van der Waals surface area contributed by atoms with Gasteiger partial charge in [0.05, 0.1) is 5.41 Å². The van der Waals surface area contributed by atoms with Crippen LogP contribution in [0.2, 0.25) is 18.1 Å². The van der Waals surface area contributed by atoms with E-state index >= 15 is 0 Å². The predicted octanol–water partition coefficient (Wildman–Crippen LogP) is 4.88. The van der Waals surface area contributed by atoms with Gasteiger partial charge in [0, 0.05) is 6.61 Å². The lowest BCUT2D eigenvalue weighted by molar-refractivity contribution is -0.171. The highest BCUT2D eigenvalue weighted by Crippen LogP contribution is 2.44. The van der Waals surface area contributed by atoms with Crippen molar-refractivity contribution in [2.24, 2.45) is 17.1 Å². The summed E-state index contributed by atoms with van der Waals surface area (Å²) in [4.78, 5) is 12.8. The van der Waals surface area contributed by atoms with Crippen molar-refractivity contribution in [3.05, 3.63) is 0 Å². The molecule has 1 saturated carbocycles. The molecule has 0 atom stereocenters. The van der Waals surface area contributed by atoms with E-state index in [0.29, 0.717) is 12.5 Å². The number of hydrogen-bond acceptors (Lipinski definition) is 4. The van der Waals surface area contributed by atoms with E-state index in [4.69, 9.17) is 14.9 Å². The summed E-state index contributed by atoms with van der Waals surface area (Å²) in [5.41, 5.74) is 4.98. The molecule has 0 aromatic carbocycles. The second-order valence-electron chi connectivity index (χ2n) is 10.3. The van der Waals surface area contributed by atoms with Crippen molar-refractivity contribution in [1.82, 2.24) is 0 Å². The monoisotopic (exact) mass is 371 g/mol. The van der Waals surface area contributed by atoms with Crippen LogP contribution in [0.5, 0.6) is 0 Å². The van der Waals surface area contributed by atoms with E-state index < -0.39 is 19.3 Å². The highest BCUT2D eigenvalue weighted by atomic mass is 28.4. The summed E-state index contributed by atoms with van der Waals surface area (Å²) in [5.74, 6) is 0.483. The Labute approximate surface area is 156 Å². The lowest BCUT2D eigenvalue weighted by atomic mass is 9.68. The fourth-order valence-corrected chi connectivity index (χ4v) is 4.24. The number of hydrogen-bond donors (Lipinski definition) is 1. The van der Waals surface area contributed by atoms with Crippen molar-refractivity contribution in [3.8, 4) is 0 Å². The van der Waals surface area contributed by atoms with E-state index in [-0.39, 0.29) is 11.0 Å². The van der Waals surface area contributed by atoms with Crippen LogP contribution in [-0.4, -0.2) is 33.0 Å². The molecule has 0 bridgehead atoms. The van der Waals surface area contributed by atoms with Crippen LogP contribution in [0.1, 0.15) is 73.6 Å². The summed E-state index contributed by atoms with van der Waals surface area (Å²) in [5, 5.41) is 0.238. The van der Waals surface area contributed by atoms with Gasteiger partial charge in [-0.05, 0) is 83.5 Å². The number of rotatable bonds is 6. The molecular weight excluding hydrogens is 330 g/mol. The molecule has 1 rings (SSSR count). The Kier molecular flexibility index (Phi) is 7.33. The van der Waals surface area contributed by atoms with Crippen molar-refractivity contribution in [1.29, 1.82) is 0 Å². The normalized spacial score (nSPS) is 25.7. The number of carbonyl (C=O) groups excluding carboxylic acids is 1. The van der Waals surface area contributed by atoms with Crippen LogP contribution in [-0.2, 0) is 14.0 Å². The molecule has 0 heterocycles. The van der Waals surface area contributed by atoms with Crippen LogP contribution < -0.4 is 5.73 Å². The molecule has 1 aliphatic carbocycles. The van der Waals surface area contributed by atoms with Gasteiger partial charge in [-0.2, -0.15) is 0 Å². The zero-order valence-corrected chi connectivity index (χ0v) is 18.8. The standard InChI is InChI=1S/C20H41NO3Si/c1-18(2,3)24-17(22)20(13-14-21)11-9-16(10-12-20)15-23-25(7,8)19(4,5)6/h16H,9-15,21H2,1-8H3. The van der Waals surface area contributed by atoms with Gasteiger partial charge < -0.3 is 14.9 Å². The van der Waals surface area contributed by atoms with E-state index in [9.17, 15) is 4.79 Å². The molecule has 0 amide bonds. The number of carbonyl (C=O) groups is 1. The van der Waals surface area contributed by atoms with Gasteiger partial charge in [0.25, 0.3) is 0 Å². The number of nitrogens with two attached hydrogens (primary N) is 1. The first-order valence-corrected chi connectivity index (χ1v) is 12.7. The van der Waals surface area contributed by atoms with Gasteiger partial charge in [0.1, 0.15) is 5.60 Å². The second-order valence-corrected chi connectivity index (χ2v) is 15.1. The van der Waals surface area contributed by atoms with Crippen molar-refractivity contribution in [2.75, 3.05) is 13.2 Å². The van der Waals surface area contributed by atoms with Gasteiger partial charge in [-0.3, -0.25) is 4.79 Å². The number of esters is 1. The zero-order valence-electron chi connectivity index (χ0n) is 17.8. The molecule has 2 N–H and O–H groups in total. The first-order valence-electron chi connectivity index (χ1n) is 9.80. The van der Waals surface area contributed by atoms with Crippen LogP contribution in [0, 0.1) is 11.3 Å². The fourth-order valence-electron chi connectivity index (χ4n) is 3.16. The van der Waals surface area contributed by atoms with Crippen molar-refractivity contribution in [3.63, 3.8) is 0 Å². The molecule has 0 spiro atoms. The lowest BCUT2D eigenvalue weighted by Gasteiger charge is -2.41. The quantitative estimate of drug-likeness (QED) is 0.534. The van der Waals surface area contributed by atoms with Gasteiger partial charge >= 0.3 is 5.97 Å². The molecule has 0 radical (unpaired) electrons. The van der Waals surface area contributed by atoms with E-state index in [1.165, 1.54) is 0 Å². The third-order valence-corrected chi connectivity index (χ3v) is 10.5. The zero-order chi connectivity index (χ0) is 19.5. The fraction of sp³-hybridized carbons (Fsp3) is 0.950. The van der Waals surface area contributed by atoms with Crippen LogP contribution in [0.4, 0.5) is 0 Å². The predicted molar refractivity (Wildman–Crippen MR) is 107 cm³/mol. The Balaban J connectivity index is 2.66. The van der Waals surface area contributed by atoms with E-state index in [0.717, 1.165) is 38.7 Å². The molecule has 0 saturated heterocycles. The highest BCUT2D eigenvalue weighted by Gasteiger charge is 2.44. The molecule has 4 nitrogen and oxygen atoms in total. The maximum Gasteiger partial charge on any atom is 0.312 e. The van der Waals surface area contributed by atoms with E-state index in [2.05, 4.69) is 33.9 Å². The van der Waals surface area contributed by atoms with E-state index in [1.807, 2.05) is 20.8 Å². The van der Waals surface area contributed by atoms with Gasteiger partial charge in [-0.1, -0.05) is 20.8 Å². The Bertz CT molecular complexity index is 441. The maximum atomic E-state index is 12.8. The minimum atomic E-state index is -1.70. The SMILES string of the molecule is CC(C)(C)OC(=O)C1(CCN)CCC(CO[Si](C)(C)C(C)(C)C)CC1. The molecule has 0 aliphatic heterocycles. The smallest absolute Gasteiger partial charge is 0.312 e. The Morgan fingerprint density at radius 1 is 1.12 bits per heavy atom. The van der Waals surface area contributed by atoms with Crippen molar-refractivity contribution >= 4 is 14.3 Å². The summed E-state index contributed by atoms with van der Waals surface area (Å²) >= 11 is 0. The summed E-state index contributed by atoms with van der Waals surface area (Å²) in [6.07, 6.45) is 4.49. The Morgan fingerprint density at radius 2 is 1.64 bits per heavy atom. The largest absolute Gasteiger partial charge is 0.460 e. The lowest BCUT2D eigenvalue weighted by Crippen LogP contribution is -2.44. The first-order chi connectivity index (χ1) is 11.2. The van der Waals surface area contributed by atoms with Crippen LogP contribution in [0.3, 0.4) is 0 Å². The molecule has 0 aromatic heterocycles. The van der Waals surface area contributed by atoms with Crippen LogP contribution in [0.25, 0.3) is 0 Å². The molecular formula is C20H41NO3Si. The minimum Gasteiger partial charge on any atom is -0.460 e. The average molecular weight is 372 g/mol. The summed E-state index contributed by atoms with van der Waals surface area (Å²) < 4.78 is 12.1. The van der Waals surface area contributed by atoms with Crippen LogP contribution in [0.15, 0.2) is 0 Å². The molecule has 1 fully saturated rings. The minimum absolute atomic E-state index is 0.0609. The van der Waals surface area contributed by atoms with Gasteiger partial charge in [0.2, 0.25) is 0 Å². The topological polar surface area (TPSA) is 61.5 Å². The van der Waals surface area contributed by atoms with Gasteiger partial charge in [-0.15, -0.1) is 0 Å². The van der Waals surface area contributed by atoms with Crippen molar-refractivity contribution < 1.29 is 14.0 Å². The third kappa shape index (κ3) is 6.37. The Hall–Kier alpha value is -0.393. The third-order valence-electron chi connectivity index (χ3n) is 6.00. The summed E-state index contributed by atoms with van der Waals surface area (Å²) in [7, 11) is -1.70. The average Bonchev–Trinajstić information content (AvgIpc) is 2.44. The maximum absolute atomic E-state index is 12.8.